The van der Waals surface area contributed by atoms with Crippen LogP contribution >= 0.6 is 0 Å². The average Bonchev–Trinajstić information content (AvgIpc) is 2.68. The normalized spacial score (nSPS) is 16.3. The molecular weight excluding hydrogens is 154 g/mol. The number of nitrogen functional groups attached to an aromatic ring is 2. The van der Waals surface area contributed by atoms with E-state index in [0.717, 1.165) is 18.2 Å². The van der Waals surface area contributed by atoms with Gasteiger partial charge in [0.25, 0.3) is 0 Å². The molecule has 0 spiro atoms. The lowest BCUT2D eigenvalue weighted by Gasteiger charge is -1.99. The topological polar surface area (TPSA) is 90.7 Å². The van der Waals surface area contributed by atoms with Crippen molar-refractivity contribution in [3.05, 3.63) is 5.82 Å². The third-order valence-corrected chi connectivity index (χ3v) is 1.88. The van der Waals surface area contributed by atoms with Gasteiger partial charge >= 0.3 is 0 Å². The number of hydrogen-bond acceptors (Lipinski definition) is 5. The van der Waals surface area contributed by atoms with Crippen LogP contribution in [0.3, 0.4) is 0 Å². The molecule has 12 heavy (non-hydrogen) atoms. The average molecular weight is 165 g/mol. The standard InChI is InChI=1S/C7H11N5/c8-6-10-5(3-4-1-2-4)11-7(9)12-6/h4H,1-3H2,(H4,8,9,10,11,12). The zero-order chi connectivity index (χ0) is 8.55. The fourth-order valence-electron chi connectivity index (χ4n) is 1.13. The molecular formula is C7H11N5. The van der Waals surface area contributed by atoms with Crippen molar-refractivity contribution in [1.82, 2.24) is 15.0 Å². The Bertz CT molecular complexity index is 274. The van der Waals surface area contributed by atoms with Crippen LogP contribution in [0.1, 0.15) is 18.7 Å². The van der Waals surface area contributed by atoms with Gasteiger partial charge in [0, 0.05) is 6.42 Å². The molecule has 0 radical (unpaired) electrons. The molecule has 2 rings (SSSR count). The maximum atomic E-state index is 5.41. The Kier molecular flexibility index (Phi) is 1.56. The number of nitrogens with two attached hydrogens (primary N) is 2. The molecule has 1 aliphatic rings. The quantitative estimate of drug-likeness (QED) is 0.643. The molecule has 1 aromatic heterocycles. The van der Waals surface area contributed by atoms with Gasteiger partial charge in [-0.2, -0.15) is 15.0 Å². The molecule has 1 saturated carbocycles. The summed E-state index contributed by atoms with van der Waals surface area (Å²) in [7, 11) is 0. The fraction of sp³-hybridized carbons (Fsp3) is 0.571. The van der Waals surface area contributed by atoms with Crippen LogP contribution < -0.4 is 11.5 Å². The van der Waals surface area contributed by atoms with Crippen LogP contribution in [0.5, 0.6) is 0 Å². The second-order valence-corrected chi connectivity index (χ2v) is 3.12. The van der Waals surface area contributed by atoms with Crippen LogP contribution in [-0.4, -0.2) is 15.0 Å². The van der Waals surface area contributed by atoms with Crippen LogP contribution in [0.25, 0.3) is 0 Å². The molecule has 0 bridgehead atoms. The molecule has 1 heterocycles. The number of rotatable bonds is 2. The van der Waals surface area contributed by atoms with Crippen LogP contribution in [0.2, 0.25) is 0 Å². The van der Waals surface area contributed by atoms with Gasteiger partial charge in [0.05, 0.1) is 0 Å². The first kappa shape index (κ1) is 7.27. The molecule has 5 heteroatoms. The van der Waals surface area contributed by atoms with Crippen LogP contribution in [0.15, 0.2) is 0 Å². The Morgan fingerprint density at radius 3 is 2.17 bits per heavy atom. The highest BCUT2D eigenvalue weighted by atomic mass is 15.1. The molecule has 64 valence electrons. The molecule has 0 atom stereocenters. The summed E-state index contributed by atoms with van der Waals surface area (Å²) in [6.45, 7) is 0. The molecule has 0 amide bonds. The summed E-state index contributed by atoms with van der Waals surface area (Å²) in [4.78, 5) is 11.7. The van der Waals surface area contributed by atoms with Gasteiger partial charge in [0.1, 0.15) is 5.82 Å². The Balaban J connectivity index is 2.18. The first-order chi connectivity index (χ1) is 5.74. The number of anilines is 2. The van der Waals surface area contributed by atoms with E-state index < -0.39 is 0 Å². The third-order valence-electron chi connectivity index (χ3n) is 1.88. The second kappa shape index (κ2) is 2.58. The number of nitrogens with zero attached hydrogens (tertiary/aromatic N) is 3. The summed E-state index contributed by atoms with van der Waals surface area (Å²) in [5.41, 5.74) is 10.8. The SMILES string of the molecule is Nc1nc(N)nc(CC2CC2)n1. The van der Waals surface area contributed by atoms with Crippen molar-refractivity contribution in [2.75, 3.05) is 11.5 Å². The van der Waals surface area contributed by atoms with Gasteiger partial charge in [-0.1, -0.05) is 0 Å². The lowest BCUT2D eigenvalue weighted by Crippen LogP contribution is -2.07. The van der Waals surface area contributed by atoms with Gasteiger partial charge < -0.3 is 11.5 Å². The van der Waals surface area contributed by atoms with Crippen LogP contribution in [0, 0.1) is 5.92 Å². The molecule has 0 aromatic carbocycles. The van der Waals surface area contributed by atoms with E-state index in [-0.39, 0.29) is 11.9 Å². The van der Waals surface area contributed by atoms with Gasteiger partial charge in [0.2, 0.25) is 11.9 Å². The summed E-state index contributed by atoms with van der Waals surface area (Å²) < 4.78 is 0. The minimum Gasteiger partial charge on any atom is -0.368 e. The minimum atomic E-state index is 0.221. The van der Waals surface area contributed by atoms with Crippen molar-refractivity contribution in [1.29, 1.82) is 0 Å². The van der Waals surface area contributed by atoms with Gasteiger partial charge in [-0.25, -0.2) is 0 Å². The van der Waals surface area contributed by atoms with Crippen LogP contribution in [-0.2, 0) is 6.42 Å². The summed E-state index contributed by atoms with van der Waals surface area (Å²) in [5, 5.41) is 0. The Morgan fingerprint density at radius 2 is 1.67 bits per heavy atom. The molecule has 1 fully saturated rings. The highest BCUT2D eigenvalue weighted by Gasteiger charge is 2.23. The van der Waals surface area contributed by atoms with Crippen molar-refractivity contribution in [2.24, 2.45) is 5.92 Å². The molecule has 0 aliphatic heterocycles. The first-order valence-electron chi connectivity index (χ1n) is 4.00. The van der Waals surface area contributed by atoms with E-state index in [0.29, 0.717) is 0 Å². The molecule has 5 nitrogen and oxygen atoms in total. The van der Waals surface area contributed by atoms with Gasteiger partial charge in [-0.15, -0.1) is 0 Å². The van der Waals surface area contributed by atoms with E-state index >= 15 is 0 Å². The van der Waals surface area contributed by atoms with E-state index in [1.165, 1.54) is 12.8 Å². The zero-order valence-electron chi connectivity index (χ0n) is 6.70. The zero-order valence-corrected chi connectivity index (χ0v) is 6.70. The van der Waals surface area contributed by atoms with Crippen molar-refractivity contribution >= 4 is 11.9 Å². The largest absolute Gasteiger partial charge is 0.368 e. The smallest absolute Gasteiger partial charge is 0.225 e. The van der Waals surface area contributed by atoms with E-state index in [1.807, 2.05) is 0 Å². The Hall–Kier alpha value is -1.39. The predicted molar refractivity (Wildman–Crippen MR) is 45.1 cm³/mol. The van der Waals surface area contributed by atoms with Crippen LogP contribution in [0.4, 0.5) is 11.9 Å². The van der Waals surface area contributed by atoms with Crippen molar-refractivity contribution in [3.8, 4) is 0 Å². The van der Waals surface area contributed by atoms with Crippen molar-refractivity contribution in [3.63, 3.8) is 0 Å². The second-order valence-electron chi connectivity index (χ2n) is 3.12. The summed E-state index contributed by atoms with van der Waals surface area (Å²) in [6, 6.07) is 0. The first-order valence-corrected chi connectivity index (χ1v) is 4.00. The highest BCUT2D eigenvalue weighted by Crippen LogP contribution is 2.31. The molecule has 1 aliphatic carbocycles. The van der Waals surface area contributed by atoms with Crippen molar-refractivity contribution < 1.29 is 0 Å². The molecule has 0 unspecified atom stereocenters. The summed E-state index contributed by atoms with van der Waals surface area (Å²) in [6.07, 6.45) is 3.42. The minimum absolute atomic E-state index is 0.221. The highest BCUT2D eigenvalue weighted by molar-refractivity contribution is 5.26. The maximum absolute atomic E-state index is 5.41. The summed E-state index contributed by atoms with van der Waals surface area (Å²) >= 11 is 0. The van der Waals surface area contributed by atoms with E-state index in [9.17, 15) is 0 Å². The Labute approximate surface area is 70.2 Å². The van der Waals surface area contributed by atoms with E-state index in [2.05, 4.69) is 15.0 Å². The molecule has 0 saturated heterocycles. The fourth-order valence-corrected chi connectivity index (χ4v) is 1.13. The molecule has 1 aromatic rings. The van der Waals surface area contributed by atoms with Gasteiger partial charge in [-0.3, -0.25) is 0 Å². The predicted octanol–water partition coefficient (Wildman–Crippen LogP) is -0.0115. The van der Waals surface area contributed by atoms with Gasteiger partial charge in [-0.05, 0) is 18.8 Å². The maximum Gasteiger partial charge on any atom is 0.225 e. The monoisotopic (exact) mass is 165 g/mol. The lowest BCUT2D eigenvalue weighted by molar-refractivity contribution is 0.765. The third kappa shape index (κ3) is 1.61. The lowest BCUT2D eigenvalue weighted by atomic mass is 10.3. The number of hydrogen-bond donors (Lipinski definition) is 2. The van der Waals surface area contributed by atoms with E-state index in [4.69, 9.17) is 11.5 Å². The van der Waals surface area contributed by atoms with E-state index in [1.54, 1.807) is 0 Å². The van der Waals surface area contributed by atoms with Gasteiger partial charge in [0.15, 0.2) is 0 Å². The summed E-state index contributed by atoms with van der Waals surface area (Å²) in [5.74, 6) is 1.91. The molecule has 4 N–H and O–H groups in total. The Morgan fingerprint density at radius 1 is 1.08 bits per heavy atom. The van der Waals surface area contributed by atoms with Crippen molar-refractivity contribution in [2.45, 2.75) is 19.3 Å². The number of aromatic nitrogens is 3.